The number of alkyl halides is 3. The Labute approximate surface area is 263 Å². The van der Waals surface area contributed by atoms with Gasteiger partial charge >= 0.3 is 6.18 Å². The molecule has 0 unspecified atom stereocenters. The van der Waals surface area contributed by atoms with E-state index < -0.39 is 56.9 Å². The summed E-state index contributed by atoms with van der Waals surface area (Å²) >= 11 is 18.2. The molecule has 1 N–H and O–H groups in total. The molecule has 0 saturated carbocycles. The van der Waals surface area contributed by atoms with E-state index in [1.54, 1.807) is 25.1 Å². The molecule has 43 heavy (non-hydrogen) atoms. The van der Waals surface area contributed by atoms with Crippen molar-refractivity contribution in [1.82, 2.24) is 10.2 Å². The van der Waals surface area contributed by atoms with E-state index in [-0.39, 0.29) is 22.9 Å². The second-order valence-electron chi connectivity index (χ2n) is 9.46. The van der Waals surface area contributed by atoms with Crippen LogP contribution < -0.4 is 9.62 Å². The molecule has 2 amide bonds. The number of carbonyl (C=O) groups is 2. The van der Waals surface area contributed by atoms with Crippen LogP contribution in [0.4, 0.5) is 18.9 Å². The van der Waals surface area contributed by atoms with E-state index in [0.29, 0.717) is 33.9 Å². The Morgan fingerprint density at radius 2 is 1.60 bits per heavy atom. The fraction of sp³-hybridized carbons (Fsp3) is 0.310. The van der Waals surface area contributed by atoms with Gasteiger partial charge in [-0.15, -0.1) is 0 Å². The number of hydrogen-bond donors (Lipinski definition) is 1. The molecule has 0 aliphatic rings. The fourth-order valence-corrected chi connectivity index (χ4v) is 6.37. The summed E-state index contributed by atoms with van der Waals surface area (Å²) in [5, 5.41) is 2.64. The summed E-state index contributed by atoms with van der Waals surface area (Å²) in [5.74, 6) is -1.33. The van der Waals surface area contributed by atoms with Gasteiger partial charge in [0.1, 0.15) is 12.6 Å². The predicted molar refractivity (Wildman–Crippen MR) is 162 cm³/mol. The molecule has 3 rings (SSSR count). The summed E-state index contributed by atoms with van der Waals surface area (Å²) in [6, 6.07) is 13.0. The van der Waals surface area contributed by atoms with Crippen LogP contribution in [-0.2, 0) is 32.3 Å². The number of rotatable bonds is 12. The van der Waals surface area contributed by atoms with E-state index in [2.05, 4.69) is 5.32 Å². The normalized spacial score (nSPS) is 12.5. The standard InChI is InChI=1S/C29H29Cl3F3N3O4S/c1-3-14-36-28(40)26(4-2)37(17-19-10-11-20(30)15-25(19)32)27(39)18-38(43(41,42)22-8-6-5-7-9-22)21-12-13-24(31)23(16-21)29(33,34)35/h5-13,15-16,26H,3-4,14,17-18H2,1-2H3,(H,36,40)/t26-/m1/s1. The molecule has 0 fully saturated rings. The van der Waals surface area contributed by atoms with Crippen LogP contribution in [0, 0.1) is 0 Å². The zero-order valence-electron chi connectivity index (χ0n) is 23.2. The number of nitrogens with zero attached hydrogens (tertiary/aromatic N) is 2. The van der Waals surface area contributed by atoms with Gasteiger partial charge < -0.3 is 10.2 Å². The number of carbonyl (C=O) groups excluding carboxylic acids is 2. The molecular weight excluding hydrogens is 650 g/mol. The Kier molecular flexibility index (Phi) is 11.8. The third-order valence-corrected chi connectivity index (χ3v) is 9.15. The largest absolute Gasteiger partial charge is 0.417 e. The molecule has 3 aromatic rings. The molecule has 3 aromatic carbocycles. The average Bonchev–Trinajstić information content (AvgIpc) is 2.95. The zero-order valence-corrected chi connectivity index (χ0v) is 26.3. The molecule has 7 nitrogen and oxygen atoms in total. The summed E-state index contributed by atoms with van der Waals surface area (Å²) < 4.78 is 69.5. The van der Waals surface area contributed by atoms with E-state index in [9.17, 15) is 31.2 Å². The summed E-state index contributed by atoms with van der Waals surface area (Å²) in [7, 11) is -4.58. The lowest BCUT2D eigenvalue weighted by molar-refractivity contribution is -0.140. The maximum Gasteiger partial charge on any atom is 0.417 e. The van der Waals surface area contributed by atoms with Crippen molar-refractivity contribution in [2.24, 2.45) is 0 Å². The van der Waals surface area contributed by atoms with E-state index >= 15 is 0 Å². The van der Waals surface area contributed by atoms with Crippen molar-refractivity contribution >= 4 is 62.3 Å². The molecule has 0 radical (unpaired) electrons. The number of hydrogen-bond acceptors (Lipinski definition) is 4. The quantitative estimate of drug-likeness (QED) is 0.220. The Morgan fingerprint density at radius 3 is 2.19 bits per heavy atom. The van der Waals surface area contributed by atoms with Gasteiger partial charge in [0, 0.05) is 23.1 Å². The van der Waals surface area contributed by atoms with Crippen LogP contribution in [0.3, 0.4) is 0 Å². The van der Waals surface area contributed by atoms with Gasteiger partial charge in [0.05, 0.1) is 21.2 Å². The number of anilines is 1. The van der Waals surface area contributed by atoms with Crippen molar-refractivity contribution in [3.8, 4) is 0 Å². The van der Waals surface area contributed by atoms with E-state index in [1.165, 1.54) is 30.3 Å². The molecule has 0 aliphatic heterocycles. The van der Waals surface area contributed by atoms with Crippen molar-refractivity contribution in [2.75, 3.05) is 17.4 Å². The van der Waals surface area contributed by atoms with Crippen LogP contribution in [0.1, 0.15) is 37.8 Å². The molecule has 232 valence electrons. The first-order valence-corrected chi connectivity index (χ1v) is 15.7. The van der Waals surface area contributed by atoms with E-state index in [4.69, 9.17) is 34.8 Å². The van der Waals surface area contributed by atoms with Crippen LogP contribution in [0.25, 0.3) is 0 Å². The molecule has 0 heterocycles. The Morgan fingerprint density at radius 1 is 0.930 bits per heavy atom. The minimum atomic E-state index is -4.90. The van der Waals surface area contributed by atoms with Crippen LogP contribution >= 0.6 is 34.8 Å². The molecule has 0 bridgehead atoms. The summed E-state index contributed by atoms with van der Waals surface area (Å²) in [6.45, 7) is 2.72. The second-order valence-corrected chi connectivity index (χ2v) is 12.6. The van der Waals surface area contributed by atoms with Crippen LogP contribution in [0.2, 0.25) is 15.1 Å². The summed E-state index contributed by atoms with van der Waals surface area (Å²) in [5.41, 5.74) is -1.30. The van der Waals surface area contributed by atoms with Gasteiger partial charge in [-0.3, -0.25) is 13.9 Å². The molecule has 0 aliphatic carbocycles. The fourth-order valence-electron chi connectivity index (χ4n) is 4.25. The average molecular weight is 679 g/mol. The molecule has 0 aromatic heterocycles. The first kappa shape index (κ1) is 34.5. The summed E-state index contributed by atoms with van der Waals surface area (Å²) in [6.07, 6.45) is -4.13. The highest BCUT2D eigenvalue weighted by Gasteiger charge is 2.37. The predicted octanol–water partition coefficient (Wildman–Crippen LogP) is 7.19. The van der Waals surface area contributed by atoms with Crippen molar-refractivity contribution in [3.05, 3.63) is 92.9 Å². The minimum Gasteiger partial charge on any atom is -0.354 e. The molecule has 0 spiro atoms. The van der Waals surface area contributed by atoms with Gasteiger partial charge in [-0.25, -0.2) is 8.42 Å². The number of sulfonamides is 1. The SMILES string of the molecule is CCCNC(=O)[C@@H](CC)N(Cc1ccc(Cl)cc1Cl)C(=O)CN(c1ccc(Cl)c(C(F)(F)F)c1)S(=O)(=O)c1ccccc1. The van der Waals surface area contributed by atoms with Crippen molar-refractivity contribution in [1.29, 1.82) is 0 Å². The zero-order chi connectivity index (χ0) is 31.9. The van der Waals surface area contributed by atoms with Crippen molar-refractivity contribution in [2.45, 2.75) is 50.3 Å². The highest BCUT2D eigenvalue weighted by atomic mass is 35.5. The van der Waals surface area contributed by atoms with Crippen molar-refractivity contribution in [3.63, 3.8) is 0 Å². The van der Waals surface area contributed by atoms with Crippen LogP contribution in [0.15, 0.2) is 71.6 Å². The van der Waals surface area contributed by atoms with Crippen LogP contribution in [0.5, 0.6) is 0 Å². The lowest BCUT2D eigenvalue weighted by Gasteiger charge is -2.33. The summed E-state index contributed by atoms with van der Waals surface area (Å²) in [4.78, 5) is 28.1. The van der Waals surface area contributed by atoms with Gasteiger partial charge in [-0.2, -0.15) is 13.2 Å². The third-order valence-electron chi connectivity index (χ3n) is 6.44. The first-order valence-electron chi connectivity index (χ1n) is 13.2. The smallest absolute Gasteiger partial charge is 0.354 e. The van der Waals surface area contributed by atoms with Gasteiger partial charge in [0.15, 0.2) is 0 Å². The van der Waals surface area contributed by atoms with Gasteiger partial charge in [-0.05, 0) is 60.9 Å². The van der Waals surface area contributed by atoms with Gasteiger partial charge in [-0.1, -0.05) is 72.9 Å². The number of nitrogens with one attached hydrogen (secondary N) is 1. The molecular formula is C29H29Cl3F3N3O4S. The highest BCUT2D eigenvalue weighted by molar-refractivity contribution is 7.92. The maximum absolute atomic E-state index is 14.0. The second kappa shape index (κ2) is 14.7. The number of halogens is 6. The van der Waals surface area contributed by atoms with E-state index in [1.807, 2.05) is 6.92 Å². The topological polar surface area (TPSA) is 86.8 Å². The third kappa shape index (κ3) is 8.56. The lowest BCUT2D eigenvalue weighted by Crippen LogP contribution is -2.52. The van der Waals surface area contributed by atoms with Gasteiger partial charge in [0.25, 0.3) is 10.0 Å². The molecule has 14 heteroatoms. The monoisotopic (exact) mass is 677 g/mol. The van der Waals surface area contributed by atoms with Crippen LogP contribution in [-0.4, -0.2) is 44.3 Å². The highest BCUT2D eigenvalue weighted by Crippen LogP contribution is 2.38. The minimum absolute atomic E-state index is 0.150. The van der Waals surface area contributed by atoms with E-state index in [0.717, 1.165) is 17.0 Å². The Bertz CT molecular complexity index is 1560. The first-order chi connectivity index (χ1) is 20.2. The van der Waals surface area contributed by atoms with Crippen molar-refractivity contribution < 1.29 is 31.2 Å². The Hall–Kier alpha value is -2.99. The number of amides is 2. The Balaban J connectivity index is 2.15. The maximum atomic E-state index is 14.0. The molecule has 0 saturated heterocycles. The number of benzene rings is 3. The van der Waals surface area contributed by atoms with Gasteiger partial charge in [0.2, 0.25) is 11.8 Å². The lowest BCUT2D eigenvalue weighted by atomic mass is 10.1. The molecule has 1 atom stereocenters.